The van der Waals surface area contributed by atoms with E-state index in [0.717, 1.165) is 11.3 Å². The van der Waals surface area contributed by atoms with Gasteiger partial charge < -0.3 is 0 Å². The summed E-state index contributed by atoms with van der Waals surface area (Å²) in [6.07, 6.45) is 3.49. The minimum atomic E-state index is 0.880. The van der Waals surface area contributed by atoms with E-state index in [-0.39, 0.29) is 0 Å². The van der Waals surface area contributed by atoms with Gasteiger partial charge in [0, 0.05) is 0 Å². The van der Waals surface area contributed by atoms with Gasteiger partial charge in [-0.05, 0) is 18.6 Å². The van der Waals surface area contributed by atoms with Gasteiger partial charge >= 0.3 is 0 Å². The highest BCUT2D eigenvalue weighted by molar-refractivity contribution is 5.75. The molecule has 0 amide bonds. The Kier molecular flexibility index (Phi) is 1.16. The van der Waals surface area contributed by atoms with Crippen molar-refractivity contribution in [3.8, 4) is 0 Å². The maximum Gasteiger partial charge on any atom is 0.0896 e. The van der Waals surface area contributed by atoms with Crippen LogP contribution in [-0.4, -0.2) is 6.21 Å². The second-order valence-electron chi connectivity index (χ2n) is 1.70. The second-order valence-corrected chi connectivity index (χ2v) is 1.70. The Labute approximate surface area is 48.6 Å². The van der Waals surface area contributed by atoms with Crippen LogP contribution in [0.1, 0.15) is 6.92 Å². The first kappa shape index (κ1) is 5.09. The van der Waals surface area contributed by atoms with E-state index in [1.54, 1.807) is 6.21 Å². The van der Waals surface area contributed by atoms with Crippen molar-refractivity contribution in [2.75, 3.05) is 0 Å². The molecule has 41 valence electrons. The summed E-state index contributed by atoms with van der Waals surface area (Å²) in [5, 5.41) is 3.63. The van der Waals surface area contributed by atoms with Crippen molar-refractivity contribution < 1.29 is 0 Å². The van der Waals surface area contributed by atoms with Gasteiger partial charge in [0.1, 0.15) is 0 Å². The molecule has 0 N–H and O–H groups in total. The van der Waals surface area contributed by atoms with Gasteiger partial charge in [0.15, 0.2) is 0 Å². The molecular weight excluding hydrogens is 100 g/mol. The topological polar surface area (TPSA) is 26.5 Å². The average molecular weight is 107 g/mol. The third kappa shape index (κ3) is 0.780. The van der Waals surface area contributed by atoms with Gasteiger partial charge in [-0.1, -0.05) is 6.58 Å². The van der Waals surface area contributed by atoms with Crippen molar-refractivity contribution in [3.05, 3.63) is 23.9 Å². The summed E-state index contributed by atoms with van der Waals surface area (Å²) >= 11 is 0. The van der Waals surface area contributed by atoms with Crippen LogP contribution in [0, 0.1) is 0 Å². The number of nitrogens with zero attached hydrogens (tertiary/aromatic N) is 2. The molecule has 2 heteroatoms. The van der Waals surface area contributed by atoms with Crippen LogP contribution >= 0.6 is 0 Å². The van der Waals surface area contributed by atoms with E-state index in [9.17, 15) is 0 Å². The average Bonchev–Trinajstić information content (AvgIpc) is 2.12. The predicted octanol–water partition coefficient (Wildman–Crippen LogP) is 1.05. The van der Waals surface area contributed by atoms with Crippen molar-refractivity contribution in [3.63, 3.8) is 0 Å². The van der Waals surface area contributed by atoms with Crippen LogP contribution in [0.4, 0.5) is 0 Å². The van der Waals surface area contributed by atoms with Crippen LogP contribution in [-0.2, 0) is 0 Å². The highest BCUT2D eigenvalue weighted by Gasteiger charge is 1.99. The van der Waals surface area contributed by atoms with Gasteiger partial charge in [-0.15, -0.1) is 0 Å². The fourth-order valence-electron chi connectivity index (χ4n) is 0.460. The maximum atomic E-state index is 3.77. The van der Waals surface area contributed by atoms with E-state index in [1.165, 1.54) is 0 Å². The zero-order valence-corrected chi connectivity index (χ0v) is 4.76. The third-order valence-electron chi connectivity index (χ3n) is 0.902. The Balaban J connectivity index is 2.64. The largest absolute Gasteiger partial charge is 0.158 e. The molecule has 0 aromatic carbocycles. The molecule has 0 saturated heterocycles. The molecule has 0 aliphatic carbocycles. The molecule has 0 aromatic rings. The standard InChI is InChI=1S/C6H7N2/c1-5(2)6-3-4-7-8-6/h3-4H,1H2,2H3. The maximum absolute atomic E-state index is 3.77. The number of hydrogen-bond donors (Lipinski definition) is 0. The van der Waals surface area contributed by atoms with Crippen molar-refractivity contribution in [1.82, 2.24) is 5.43 Å². The van der Waals surface area contributed by atoms with Crippen molar-refractivity contribution >= 4 is 6.21 Å². The van der Waals surface area contributed by atoms with Gasteiger partial charge in [-0.25, -0.2) is 0 Å². The molecule has 0 bridgehead atoms. The van der Waals surface area contributed by atoms with Crippen LogP contribution in [0.3, 0.4) is 0 Å². The lowest BCUT2D eigenvalue weighted by Gasteiger charge is -1.92. The third-order valence-corrected chi connectivity index (χ3v) is 0.902. The predicted molar refractivity (Wildman–Crippen MR) is 33.5 cm³/mol. The minimum Gasteiger partial charge on any atom is -0.158 e. The van der Waals surface area contributed by atoms with E-state index in [1.807, 2.05) is 13.0 Å². The highest BCUT2D eigenvalue weighted by atomic mass is 15.3. The molecule has 0 aromatic heterocycles. The summed E-state index contributed by atoms with van der Waals surface area (Å²) in [6.45, 7) is 5.60. The Bertz CT molecular complexity index is 165. The summed E-state index contributed by atoms with van der Waals surface area (Å²) in [7, 11) is 0. The molecule has 0 atom stereocenters. The lowest BCUT2D eigenvalue weighted by molar-refractivity contribution is 0.908. The van der Waals surface area contributed by atoms with Crippen LogP contribution in [0.25, 0.3) is 0 Å². The summed E-state index contributed by atoms with van der Waals surface area (Å²) in [6, 6.07) is 0. The molecular formula is C6H7N2. The number of rotatable bonds is 1. The van der Waals surface area contributed by atoms with E-state index in [4.69, 9.17) is 0 Å². The molecule has 1 rings (SSSR count). The number of allylic oxidation sites excluding steroid dienone is 2. The van der Waals surface area contributed by atoms with Crippen molar-refractivity contribution in [2.45, 2.75) is 6.92 Å². The zero-order chi connectivity index (χ0) is 5.98. The lowest BCUT2D eigenvalue weighted by Crippen LogP contribution is -1.90. The first-order valence-corrected chi connectivity index (χ1v) is 2.41. The minimum absolute atomic E-state index is 0.880. The summed E-state index contributed by atoms with van der Waals surface area (Å²) in [5.41, 5.74) is 5.61. The second kappa shape index (κ2) is 1.82. The van der Waals surface area contributed by atoms with Crippen LogP contribution < -0.4 is 5.43 Å². The fraction of sp³-hybridized carbons (Fsp3) is 0.167. The fourth-order valence-corrected chi connectivity index (χ4v) is 0.460. The first-order chi connectivity index (χ1) is 3.80. The van der Waals surface area contributed by atoms with Gasteiger partial charge in [-0.2, -0.15) is 10.5 Å². The summed E-state index contributed by atoms with van der Waals surface area (Å²) in [4.78, 5) is 0. The Hall–Kier alpha value is -1.05. The molecule has 0 unspecified atom stereocenters. The Morgan fingerprint density at radius 1 is 1.75 bits per heavy atom. The van der Waals surface area contributed by atoms with Crippen LogP contribution in [0.15, 0.2) is 29.0 Å². The molecule has 1 heterocycles. The molecule has 2 nitrogen and oxygen atoms in total. The van der Waals surface area contributed by atoms with E-state index >= 15 is 0 Å². The SMILES string of the molecule is C=C(C)C1=CC=N[N]1. The molecule has 0 fully saturated rings. The molecule has 0 spiro atoms. The van der Waals surface area contributed by atoms with Gasteiger partial charge in [0.25, 0.3) is 0 Å². The summed E-state index contributed by atoms with van der Waals surface area (Å²) < 4.78 is 0. The quantitative estimate of drug-likeness (QED) is 0.479. The lowest BCUT2D eigenvalue weighted by atomic mass is 10.2. The number of hydrogen-bond acceptors (Lipinski definition) is 1. The molecule has 1 aliphatic rings. The van der Waals surface area contributed by atoms with Gasteiger partial charge in [-0.3, -0.25) is 0 Å². The van der Waals surface area contributed by atoms with Crippen LogP contribution in [0.5, 0.6) is 0 Å². The van der Waals surface area contributed by atoms with E-state index < -0.39 is 0 Å². The van der Waals surface area contributed by atoms with Crippen LogP contribution in [0.2, 0.25) is 0 Å². The zero-order valence-electron chi connectivity index (χ0n) is 4.76. The van der Waals surface area contributed by atoms with Gasteiger partial charge in [0.2, 0.25) is 0 Å². The normalized spacial score (nSPS) is 15.4. The van der Waals surface area contributed by atoms with Crippen molar-refractivity contribution in [1.29, 1.82) is 0 Å². The molecule has 8 heavy (non-hydrogen) atoms. The molecule has 0 saturated carbocycles. The van der Waals surface area contributed by atoms with Gasteiger partial charge in [0.05, 0.1) is 11.9 Å². The van der Waals surface area contributed by atoms with E-state index in [2.05, 4.69) is 17.1 Å². The Morgan fingerprint density at radius 3 is 2.75 bits per heavy atom. The molecule has 1 aliphatic heterocycles. The summed E-state index contributed by atoms with van der Waals surface area (Å²) in [5.74, 6) is 0. The highest BCUT2D eigenvalue weighted by Crippen LogP contribution is 2.05. The van der Waals surface area contributed by atoms with Crippen molar-refractivity contribution in [2.24, 2.45) is 5.10 Å². The monoisotopic (exact) mass is 107 g/mol. The van der Waals surface area contributed by atoms with E-state index in [0.29, 0.717) is 0 Å². The Morgan fingerprint density at radius 2 is 2.50 bits per heavy atom. The molecule has 1 radical (unpaired) electrons. The smallest absolute Gasteiger partial charge is 0.0896 e. The first-order valence-electron chi connectivity index (χ1n) is 2.41.